The smallest absolute Gasteiger partial charge is 0.321 e. The molecule has 0 fully saturated rings. The summed E-state index contributed by atoms with van der Waals surface area (Å²) >= 11 is 0. The van der Waals surface area contributed by atoms with Crippen molar-refractivity contribution in [2.45, 2.75) is 19.8 Å². The van der Waals surface area contributed by atoms with Gasteiger partial charge in [0, 0.05) is 18.5 Å². The van der Waals surface area contributed by atoms with E-state index >= 15 is 0 Å². The van der Waals surface area contributed by atoms with Gasteiger partial charge in [0.15, 0.2) is 5.82 Å². The van der Waals surface area contributed by atoms with Crippen LogP contribution in [0.3, 0.4) is 0 Å². The van der Waals surface area contributed by atoms with E-state index < -0.39 is 0 Å². The predicted molar refractivity (Wildman–Crippen MR) is 68.9 cm³/mol. The van der Waals surface area contributed by atoms with Gasteiger partial charge in [-0.15, -0.1) is 0 Å². The zero-order valence-corrected chi connectivity index (χ0v) is 10.6. The molecule has 1 aromatic carbocycles. The van der Waals surface area contributed by atoms with Gasteiger partial charge >= 0.3 is 6.01 Å². The zero-order chi connectivity index (χ0) is 12.8. The van der Waals surface area contributed by atoms with Crippen LogP contribution in [0.2, 0.25) is 0 Å². The van der Waals surface area contributed by atoms with E-state index in [4.69, 9.17) is 9.26 Å². The van der Waals surface area contributed by atoms with Crippen LogP contribution in [-0.2, 0) is 6.42 Å². The maximum atomic E-state index is 5.29. The van der Waals surface area contributed by atoms with Gasteiger partial charge in [-0.2, -0.15) is 4.98 Å². The van der Waals surface area contributed by atoms with Crippen molar-refractivity contribution in [3.05, 3.63) is 35.7 Å². The van der Waals surface area contributed by atoms with Crippen LogP contribution in [0.1, 0.15) is 24.7 Å². The van der Waals surface area contributed by atoms with Crippen LogP contribution in [0.4, 0.5) is 6.01 Å². The lowest BCUT2D eigenvalue weighted by molar-refractivity contribution is 0.408. The maximum Gasteiger partial charge on any atom is 0.321 e. The molecular formula is C13H17N3O2. The van der Waals surface area contributed by atoms with Crippen molar-refractivity contribution in [3.63, 3.8) is 0 Å². The fourth-order valence-corrected chi connectivity index (χ4v) is 1.65. The highest BCUT2D eigenvalue weighted by molar-refractivity contribution is 5.35. The van der Waals surface area contributed by atoms with Crippen LogP contribution in [0.25, 0.3) is 0 Å². The van der Waals surface area contributed by atoms with E-state index in [1.807, 2.05) is 24.3 Å². The molecule has 0 amide bonds. The monoisotopic (exact) mass is 247 g/mol. The molecule has 1 aromatic heterocycles. The lowest BCUT2D eigenvalue weighted by atomic mass is 10.1. The summed E-state index contributed by atoms with van der Waals surface area (Å²) in [7, 11) is 1.66. The molecule has 96 valence electrons. The van der Waals surface area contributed by atoms with Gasteiger partial charge in [-0.1, -0.05) is 30.3 Å². The molecule has 0 bridgehead atoms. The molecule has 5 nitrogen and oxygen atoms in total. The maximum absolute atomic E-state index is 5.29. The third-order valence-corrected chi connectivity index (χ3v) is 2.54. The first-order chi connectivity index (χ1) is 8.83. The fraction of sp³-hybridized carbons (Fsp3) is 0.385. The summed E-state index contributed by atoms with van der Waals surface area (Å²) in [5.41, 5.74) is 1.04. The molecule has 0 aliphatic rings. The van der Waals surface area contributed by atoms with Crippen molar-refractivity contribution < 1.29 is 9.26 Å². The molecule has 18 heavy (non-hydrogen) atoms. The first-order valence-corrected chi connectivity index (χ1v) is 6.02. The predicted octanol–water partition coefficient (Wildman–Crippen LogP) is 2.49. The molecular weight excluding hydrogens is 230 g/mol. The van der Waals surface area contributed by atoms with E-state index in [-0.39, 0.29) is 0 Å². The first kappa shape index (κ1) is 12.4. The van der Waals surface area contributed by atoms with Crippen LogP contribution in [0.5, 0.6) is 5.75 Å². The van der Waals surface area contributed by atoms with Gasteiger partial charge in [0.2, 0.25) is 0 Å². The topological polar surface area (TPSA) is 60.2 Å². The molecule has 0 aliphatic heterocycles. The summed E-state index contributed by atoms with van der Waals surface area (Å²) in [5, 5.41) is 6.99. The Kier molecular flexibility index (Phi) is 4.17. The molecule has 1 heterocycles. The third-order valence-electron chi connectivity index (χ3n) is 2.54. The van der Waals surface area contributed by atoms with E-state index in [2.05, 4.69) is 22.4 Å². The number of methoxy groups -OCH3 is 1. The minimum absolute atomic E-state index is 0.474. The molecule has 0 saturated heterocycles. The summed E-state index contributed by atoms with van der Waals surface area (Å²) < 4.78 is 10.4. The summed E-state index contributed by atoms with van der Waals surface area (Å²) in [6, 6.07) is 8.29. The number of ether oxygens (including phenoxy) is 1. The lowest BCUT2D eigenvalue weighted by Gasteiger charge is -2.04. The number of hydrogen-bond acceptors (Lipinski definition) is 5. The van der Waals surface area contributed by atoms with Crippen molar-refractivity contribution in [2.75, 3.05) is 19.0 Å². The number of hydrogen-bond donors (Lipinski definition) is 1. The SMILES string of the molecule is CCCNc1nc(Cc2ccccc2OC)no1. The Balaban J connectivity index is 2.06. The summed E-state index contributed by atoms with van der Waals surface area (Å²) in [5.74, 6) is 1.49. The van der Waals surface area contributed by atoms with Crippen LogP contribution in [0, 0.1) is 0 Å². The highest BCUT2D eigenvalue weighted by Gasteiger charge is 2.09. The van der Waals surface area contributed by atoms with Crippen LogP contribution in [-0.4, -0.2) is 23.8 Å². The second-order valence-electron chi connectivity index (χ2n) is 3.93. The summed E-state index contributed by atoms with van der Waals surface area (Å²) in [4.78, 5) is 4.27. The van der Waals surface area contributed by atoms with Gasteiger partial charge in [0.25, 0.3) is 0 Å². The number of aromatic nitrogens is 2. The minimum atomic E-state index is 0.474. The highest BCUT2D eigenvalue weighted by atomic mass is 16.5. The number of rotatable bonds is 6. The Bertz CT molecular complexity index is 496. The minimum Gasteiger partial charge on any atom is -0.496 e. The van der Waals surface area contributed by atoms with Gasteiger partial charge in [0.1, 0.15) is 5.75 Å². The largest absolute Gasteiger partial charge is 0.496 e. The Morgan fingerprint density at radius 3 is 2.94 bits per heavy atom. The van der Waals surface area contributed by atoms with E-state index in [0.717, 1.165) is 24.3 Å². The van der Waals surface area contributed by atoms with E-state index in [9.17, 15) is 0 Å². The van der Waals surface area contributed by atoms with Gasteiger partial charge in [-0.25, -0.2) is 0 Å². The molecule has 2 rings (SSSR count). The molecule has 0 unspecified atom stereocenters. The van der Waals surface area contributed by atoms with E-state index in [1.165, 1.54) is 0 Å². The van der Waals surface area contributed by atoms with Gasteiger partial charge in [-0.3, -0.25) is 0 Å². The Morgan fingerprint density at radius 2 is 2.17 bits per heavy atom. The molecule has 1 N–H and O–H groups in total. The second kappa shape index (κ2) is 6.05. The number of para-hydroxylation sites is 1. The lowest BCUT2D eigenvalue weighted by Crippen LogP contribution is -2.00. The summed E-state index contributed by atoms with van der Waals surface area (Å²) in [6.45, 7) is 2.91. The Hall–Kier alpha value is -2.04. The molecule has 0 aliphatic carbocycles. The van der Waals surface area contributed by atoms with Crippen molar-refractivity contribution in [1.29, 1.82) is 0 Å². The second-order valence-corrected chi connectivity index (χ2v) is 3.93. The Morgan fingerprint density at radius 1 is 1.33 bits per heavy atom. The molecule has 2 aromatic rings. The number of nitrogens with one attached hydrogen (secondary N) is 1. The quantitative estimate of drug-likeness (QED) is 0.849. The van der Waals surface area contributed by atoms with Crippen molar-refractivity contribution in [2.24, 2.45) is 0 Å². The Labute approximate surface area is 106 Å². The normalized spacial score (nSPS) is 10.3. The van der Waals surface area contributed by atoms with Gasteiger partial charge in [0.05, 0.1) is 7.11 Å². The highest BCUT2D eigenvalue weighted by Crippen LogP contribution is 2.20. The van der Waals surface area contributed by atoms with E-state index in [0.29, 0.717) is 18.3 Å². The van der Waals surface area contributed by atoms with Gasteiger partial charge in [-0.05, 0) is 12.5 Å². The molecule has 5 heteroatoms. The zero-order valence-electron chi connectivity index (χ0n) is 10.6. The third kappa shape index (κ3) is 3.00. The number of benzene rings is 1. The first-order valence-electron chi connectivity index (χ1n) is 6.02. The standard InChI is InChI=1S/C13H17N3O2/c1-3-8-14-13-15-12(16-18-13)9-10-6-4-5-7-11(10)17-2/h4-7H,3,8-9H2,1-2H3,(H,14,15,16). The van der Waals surface area contributed by atoms with Crippen molar-refractivity contribution >= 4 is 6.01 Å². The molecule has 0 saturated carbocycles. The van der Waals surface area contributed by atoms with E-state index in [1.54, 1.807) is 7.11 Å². The summed E-state index contributed by atoms with van der Waals surface area (Å²) in [6.07, 6.45) is 1.62. The molecule has 0 radical (unpaired) electrons. The van der Waals surface area contributed by atoms with Gasteiger partial charge < -0.3 is 14.6 Å². The number of nitrogens with zero attached hydrogens (tertiary/aromatic N) is 2. The number of anilines is 1. The van der Waals surface area contributed by atoms with Crippen molar-refractivity contribution in [3.8, 4) is 5.75 Å². The van der Waals surface area contributed by atoms with Crippen LogP contribution in [0.15, 0.2) is 28.8 Å². The average Bonchev–Trinajstić information content (AvgIpc) is 2.84. The van der Waals surface area contributed by atoms with Crippen molar-refractivity contribution in [1.82, 2.24) is 10.1 Å². The molecule has 0 atom stereocenters. The fourth-order valence-electron chi connectivity index (χ4n) is 1.65. The van der Waals surface area contributed by atoms with Crippen LogP contribution >= 0.6 is 0 Å². The van der Waals surface area contributed by atoms with Crippen LogP contribution < -0.4 is 10.1 Å². The molecule has 0 spiro atoms. The average molecular weight is 247 g/mol.